The lowest BCUT2D eigenvalue weighted by atomic mass is 9.78. The Hall–Kier alpha value is -4.54. The number of benzene rings is 2. The van der Waals surface area contributed by atoms with Crippen LogP contribution < -0.4 is 19.3 Å². The van der Waals surface area contributed by atoms with Crippen LogP contribution in [0.3, 0.4) is 0 Å². The van der Waals surface area contributed by atoms with Crippen molar-refractivity contribution in [1.82, 2.24) is 0 Å². The minimum atomic E-state index is -0.763. The van der Waals surface area contributed by atoms with Crippen molar-refractivity contribution in [2.75, 3.05) is 23.5 Å². The summed E-state index contributed by atoms with van der Waals surface area (Å²) in [7, 11) is 1.34. The number of carbonyl (C=O) groups excluding carboxylic acids is 4. The maximum Gasteiger partial charge on any atom is 0.316 e. The van der Waals surface area contributed by atoms with Crippen molar-refractivity contribution >= 4 is 40.8 Å². The first-order valence-corrected chi connectivity index (χ1v) is 12.2. The summed E-state index contributed by atoms with van der Waals surface area (Å²) in [5.74, 6) is -2.58. The van der Waals surface area contributed by atoms with Crippen molar-refractivity contribution in [1.29, 1.82) is 0 Å². The van der Waals surface area contributed by atoms with Gasteiger partial charge in [-0.05, 0) is 42.7 Å². The predicted octanol–water partition coefficient (Wildman–Crippen LogP) is 3.26. The molecule has 1 aliphatic carbocycles. The van der Waals surface area contributed by atoms with Crippen LogP contribution in [0.4, 0.5) is 17.1 Å². The second-order valence-corrected chi connectivity index (χ2v) is 9.60. The van der Waals surface area contributed by atoms with Crippen LogP contribution in [0, 0.1) is 33.8 Å². The molecule has 38 heavy (non-hydrogen) atoms. The SMILES string of the molecule is COc1cc([N+](=O)[O-])ccc1N1C[C@H](C(=O)Oc2ccc(N3C(=O)[C@@H]4[C@H](C)C=CC[C@H]4C3=O)cc2)CC1=O. The zero-order chi connectivity index (χ0) is 27.1. The van der Waals surface area contributed by atoms with Crippen molar-refractivity contribution < 1.29 is 33.6 Å². The molecule has 2 fully saturated rings. The number of carbonyl (C=O) groups is 4. The van der Waals surface area contributed by atoms with Gasteiger partial charge in [-0.2, -0.15) is 0 Å². The standard InChI is InChI=1S/C27H25N3O8/c1-15-4-3-5-20-24(15)26(33)29(25(20)32)17-6-9-19(10-7-17)38-27(34)16-12-23(31)28(14-16)21-11-8-18(30(35)36)13-22(21)37-2/h3-4,6-11,13,15-16,20,24H,5,12,14H2,1-2H3/t15-,16-,20-,24-/m1/s1. The topological polar surface area (TPSA) is 136 Å². The number of nitrogens with zero attached hydrogens (tertiary/aromatic N) is 3. The molecule has 2 heterocycles. The van der Waals surface area contributed by atoms with E-state index in [-0.39, 0.29) is 65.6 Å². The maximum atomic E-state index is 13.0. The number of hydrogen-bond acceptors (Lipinski definition) is 8. The van der Waals surface area contributed by atoms with Crippen LogP contribution in [0.15, 0.2) is 54.6 Å². The lowest BCUT2D eigenvalue weighted by Crippen LogP contribution is -2.31. The fourth-order valence-corrected chi connectivity index (χ4v) is 5.37. The smallest absolute Gasteiger partial charge is 0.316 e. The molecule has 0 aromatic heterocycles. The van der Waals surface area contributed by atoms with Crippen LogP contribution in [-0.2, 0) is 19.2 Å². The summed E-state index contributed by atoms with van der Waals surface area (Å²) in [4.78, 5) is 64.4. The molecule has 0 radical (unpaired) electrons. The van der Waals surface area contributed by atoms with Crippen molar-refractivity contribution in [3.63, 3.8) is 0 Å². The third kappa shape index (κ3) is 4.29. The van der Waals surface area contributed by atoms with Gasteiger partial charge in [-0.1, -0.05) is 19.1 Å². The van der Waals surface area contributed by atoms with Gasteiger partial charge in [-0.25, -0.2) is 0 Å². The van der Waals surface area contributed by atoms with E-state index in [1.165, 1.54) is 47.2 Å². The summed E-state index contributed by atoms with van der Waals surface area (Å²) in [6.07, 6.45) is 4.35. The number of amides is 3. The molecule has 2 saturated heterocycles. The normalized spacial score (nSPS) is 24.5. The number of anilines is 2. The number of ether oxygens (including phenoxy) is 2. The van der Waals surface area contributed by atoms with Crippen LogP contribution in [0.1, 0.15) is 19.8 Å². The molecule has 0 saturated carbocycles. The molecular formula is C27H25N3O8. The minimum Gasteiger partial charge on any atom is -0.494 e. The van der Waals surface area contributed by atoms with E-state index in [0.717, 1.165) is 0 Å². The molecule has 0 spiro atoms. The molecule has 2 aromatic carbocycles. The number of esters is 1. The third-order valence-corrected chi connectivity index (χ3v) is 7.31. The lowest BCUT2D eigenvalue weighted by Gasteiger charge is -2.22. The summed E-state index contributed by atoms with van der Waals surface area (Å²) in [6.45, 7) is 1.95. The molecule has 2 aliphatic heterocycles. The van der Waals surface area contributed by atoms with Gasteiger partial charge in [-0.15, -0.1) is 0 Å². The molecule has 5 rings (SSSR count). The molecule has 196 valence electrons. The van der Waals surface area contributed by atoms with E-state index in [0.29, 0.717) is 17.8 Å². The van der Waals surface area contributed by atoms with E-state index in [4.69, 9.17) is 9.47 Å². The van der Waals surface area contributed by atoms with Gasteiger partial charge in [0.05, 0.1) is 47.2 Å². The number of rotatable bonds is 6. The van der Waals surface area contributed by atoms with Crippen molar-refractivity contribution in [3.8, 4) is 11.5 Å². The van der Waals surface area contributed by atoms with Crippen molar-refractivity contribution in [3.05, 3.63) is 64.7 Å². The van der Waals surface area contributed by atoms with Crippen LogP contribution in [-0.4, -0.2) is 42.3 Å². The number of non-ortho nitro benzene ring substituents is 1. The Bertz CT molecular complexity index is 1370. The van der Waals surface area contributed by atoms with Crippen molar-refractivity contribution in [2.24, 2.45) is 23.7 Å². The van der Waals surface area contributed by atoms with Crippen LogP contribution in [0.5, 0.6) is 11.5 Å². The van der Waals surface area contributed by atoms with Gasteiger partial charge in [0, 0.05) is 19.0 Å². The highest BCUT2D eigenvalue weighted by molar-refractivity contribution is 6.22. The van der Waals surface area contributed by atoms with Gasteiger partial charge >= 0.3 is 5.97 Å². The molecule has 0 unspecified atom stereocenters. The zero-order valence-electron chi connectivity index (χ0n) is 20.7. The molecule has 0 bridgehead atoms. The molecule has 3 aliphatic rings. The van der Waals surface area contributed by atoms with Gasteiger partial charge in [0.2, 0.25) is 17.7 Å². The first-order valence-electron chi connectivity index (χ1n) is 12.2. The van der Waals surface area contributed by atoms with Crippen LogP contribution in [0.2, 0.25) is 0 Å². The summed E-state index contributed by atoms with van der Waals surface area (Å²) in [5, 5.41) is 11.1. The number of hydrogen-bond donors (Lipinski definition) is 0. The third-order valence-electron chi connectivity index (χ3n) is 7.31. The average Bonchev–Trinajstić information content (AvgIpc) is 3.41. The Balaban J connectivity index is 1.26. The number of nitro groups is 1. The Kier molecular flexibility index (Phi) is 6.43. The summed E-state index contributed by atoms with van der Waals surface area (Å²) in [6, 6.07) is 10.0. The molecule has 0 N–H and O–H groups in total. The fourth-order valence-electron chi connectivity index (χ4n) is 5.37. The quantitative estimate of drug-likeness (QED) is 0.142. The van der Waals surface area contributed by atoms with Gasteiger partial charge in [-0.3, -0.25) is 34.2 Å². The molecule has 3 amide bonds. The molecule has 11 heteroatoms. The Morgan fingerprint density at radius 1 is 1.08 bits per heavy atom. The average molecular weight is 520 g/mol. The highest BCUT2D eigenvalue weighted by Gasteiger charge is 2.50. The minimum absolute atomic E-state index is 0.0184. The highest BCUT2D eigenvalue weighted by atomic mass is 16.6. The van der Waals surface area contributed by atoms with E-state index in [1.54, 1.807) is 12.1 Å². The maximum absolute atomic E-state index is 13.0. The van der Waals surface area contributed by atoms with E-state index in [9.17, 15) is 29.3 Å². The Morgan fingerprint density at radius 2 is 1.82 bits per heavy atom. The number of methoxy groups -OCH3 is 1. The van der Waals surface area contributed by atoms with Crippen LogP contribution >= 0.6 is 0 Å². The largest absolute Gasteiger partial charge is 0.494 e. The zero-order valence-corrected chi connectivity index (χ0v) is 20.7. The van der Waals surface area contributed by atoms with Crippen molar-refractivity contribution in [2.45, 2.75) is 19.8 Å². The monoisotopic (exact) mass is 519 g/mol. The summed E-state index contributed by atoms with van der Waals surface area (Å²) >= 11 is 0. The predicted molar refractivity (Wildman–Crippen MR) is 135 cm³/mol. The first-order chi connectivity index (χ1) is 18.2. The highest BCUT2D eigenvalue weighted by Crippen LogP contribution is 2.41. The lowest BCUT2D eigenvalue weighted by molar-refractivity contribution is -0.384. The van der Waals surface area contributed by atoms with Gasteiger partial charge in [0.25, 0.3) is 5.69 Å². The molecular weight excluding hydrogens is 494 g/mol. The van der Waals surface area contributed by atoms with E-state index < -0.39 is 16.8 Å². The Morgan fingerprint density at radius 3 is 2.47 bits per heavy atom. The van der Waals surface area contributed by atoms with E-state index in [1.807, 2.05) is 19.1 Å². The first kappa shape index (κ1) is 25.1. The molecule has 2 aromatic rings. The van der Waals surface area contributed by atoms with Gasteiger partial charge < -0.3 is 14.4 Å². The van der Waals surface area contributed by atoms with Gasteiger partial charge in [0.15, 0.2) is 0 Å². The fraction of sp³-hybridized carbons (Fsp3) is 0.333. The van der Waals surface area contributed by atoms with E-state index >= 15 is 0 Å². The second kappa shape index (κ2) is 9.73. The number of allylic oxidation sites excluding steroid dienone is 2. The summed E-state index contributed by atoms with van der Waals surface area (Å²) < 4.78 is 10.7. The Labute approximate surface area is 217 Å². The number of nitro benzene ring substituents is 1. The second-order valence-electron chi connectivity index (χ2n) is 9.60. The molecule has 4 atom stereocenters. The summed E-state index contributed by atoms with van der Waals surface area (Å²) in [5.41, 5.74) is 0.556. The molecule has 11 nitrogen and oxygen atoms in total. The number of fused-ring (bicyclic) bond motifs is 1. The van der Waals surface area contributed by atoms with Gasteiger partial charge in [0.1, 0.15) is 11.5 Å². The number of imide groups is 1. The van der Waals surface area contributed by atoms with Crippen LogP contribution in [0.25, 0.3) is 0 Å². The van der Waals surface area contributed by atoms with E-state index in [2.05, 4.69) is 0 Å².